The molecule has 120 valence electrons. The summed E-state index contributed by atoms with van der Waals surface area (Å²) in [6, 6.07) is 12.5. The van der Waals surface area contributed by atoms with E-state index in [9.17, 15) is 14.7 Å². The maximum Gasteiger partial charge on any atom is 0.335 e. The molecule has 1 amide bonds. The number of carbonyl (C=O) groups is 2. The summed E-state index contributed by atoms with van der Waals surface area (Å²) in [5.74, 6) is -1.22. The Morgan fingerprint density at radius 2 is 1.88 bits per heavy atom. The number of carbonyl (C=O) groups excluding carboxylic acids is 1. The molecule has 0 saturated heterocycles. The number of anilines is 1. The van der Waals surface area contributed by atoms with Crippen LogP contribution in [0.4, 0.5) is 5.69 Å². The van der Waals surface area contributed by atoms with Crippen LogP contribution >= 0.6 is 0 Å². The van der Waals surface area contributed by atoms with Crippen molar-refractivity contribution in [3.05, 3.63) is 65.2 Å². The summed E-state index contributed by atoms with van der Waals surface area (Å²) in [5, 5.41) is 23.9. The van der Waals surface area contributed by atoms with Gasteiger partial charge in [-0.1, -0.05) is 12.1 Å². The number of aromatic carboxylic acids is 1. The van der Waals surface area contributed by atoms with Gasteiger partial charge in [0.15, 0.2) is 0 Å². The first-order valence-electron chi connectivity index (χ1n) is 7.20. The van der Waals surface area contributed by atoms with E-state index in [1.807, 2.05) is 0 Å². The standard InChI is InChI=1S/C18H14N2O4/c1-11-16(10-12-3-2-4-15(21)9-12)17(22)20(19-11)14-7-5-13(6-8-14)18(23)24/h2-10,21H,1H3,(H,23,24)/b16-10-. The molecule has 0 spiro atoms. The van der Waals surface area contributed by atoms with E-state index < -0.39 is 5.97 Å². The summed E-state index contributed by atoms with van der Waals surface area (Å²) >= 11 is 0. The van der Waals surface area contributed by atoms with E-state index in [2.05, 4.69) is 5.10 Å². The molecule has 0 radical (unpaired) electrons. The fourth-order valence-electron chi connectivity index (χ4n) is 2.39. The summed E-state index contributed by atoms with van der Waals surface area (Å²) < 4.78 is 0. The summed E-state index contributed by atoms with van der Waals surface area (Å²) in [6.07, 6.45) is 1.66. The summed E-state index contributed by atoms with van der Waals surface area (Å²) in [7, 11) is 0. The molecule has 0 aromatic heterocycles. The molecular weight excluding hydrogens is 308 g/mol. The van der Waals surface area contributed by atoms with E-state index in [0.29, 0.717) is 22.5 Å². The van der Waals surface area contributed by atoms with Crippen molar-refractivity contribution in [2.24, 2.45) is 5.10 Å². The van der Waals surface area contributed by atoms with E-state index in [1.165, 1.54) is 29.3 Å². The number of carboxylic acid groups (broad SMARTS) is 1. The molecule has 6 heteroatoms. The molecule has 24 heavy (non-hydrogen) atoms. The van der Waals surface area contributed by atoms with Crippen molar-refractivity contribution in [2.45, 2.75) is 6.92 Å². The van der Waals surface area contributed by atoms with Gasteiger partial charge < -0.3 is 10.2 Å². The number of amides is 1. The number of hydrogen-bond acceptors (Lipinski definition) is 4. The van der Waals surface area contributed by atoms with Gasteiger partial charge in [0.1, 0.15) is 5.75 Å². The van der Waals surface area contributed by atoms with Crippen LogP contribution in [0.5, 0.6) is 5.75 Å². The Bertz CT molecular complexity index is 882. The molecule has 2 aromatic carbocycles. The molecule has 0 atom stereocenters. The van der Waals surface area contributed by atoms with Crippen LogP contribution in [0.3, 0.4) is 0 Å². The number of nitrogens with zero attached hydrogens (tertiary/aromatic N) is 2. The minimum atomic E-state index is -1.03. The van der Waals surface area contributed by atoms with Crippen molar-refractivity contribution in [2.75, 3.05) is 5.01 Å². The van der Waals surface area contributed by atoms with Gasteiger partial charge in [-0.2, -0.15) is 10.1 Å². The second kappa shape index (κ2) is 6.00. The number of benzene rings is 2. The van der Waals surface area contributed by atoms with E-state index >= 15 is 0 Å². The largest absolute Gasteiger partial charge is 0.508 e. The number of phenolic OH excluding ortho intramolecular Hbond substituents is 1. The Hall–Kier alpha value is -3.41. The van der Waals surface area contributed by atoms with Crippen LogP contribution < -0.4 is 5.01 Å². The fraction of sp³-hybridized carbons (Fsp3) is 0.0556. The Balaban J connectivity index is 1.91. The predicted octanol–water partition coefficient (Wildman–Crippen LogP) is 2.90. The number of rotatable bonds is 3. The minimum absolute atomic E-state index is 0.116. The quantitative estimate of drug-likeness (QED) is 0.850. The molecule has 1 aliphatic heterocycles. The van der Waals surface area contributed by atoms with Crippen LogP contribution in [0.1, 0.15) is 22.8 Å². The SMILES string of the molecule is CC1=NN(c2ccc(C(=O)O)cc2)C(=O)/C1=C\c1cccc(O)c1. The van der Waals surface area contributed by atoms with Crippen LogP contribution in [0.15, 0.2) is 59.2 Å². The molecule has 0 bridgehead atoms. The van der Waals surface area contributed by atoms with Gasteiger partial charge in [0.05, 0.1) is 22.5 Å². The smallest absolute Gasteiger partial charge is 0.335 e. The van der Waals surface area contributed by atoms with Gasteiger partial charge in [0, 0.05) is 0 Å². The third kappa shape index (κ3) is 2.89. The molecule has 3 rings (SSSR count). The van der Waals surface area contributed by atoms with E-state index in [0.717, 1.165) is 0 Å². The Morgan fingerprint density at radius 1 is 1.17 bits per heavy atom. The van der Waals surface area contributed by atoms with Crippen molar-refractivity contribution in [1.82, 2.24) is 0 Å². The topological polar surface area (TPSA) is 90.2 Å². The molecule has 1 heterocycles. The minimum Gasteiger partial charge on any atom is -0.508 e. The van der Waals surface area contributed by atoms with Crippen molar-refractivity contribution in [3.8, 4) is 5.75 Å². The first-order chi connectivity index (χ1) is 11.5. The maximum absolute atomic E-state index is 12.6. The highest BCUT2D eigenvalue weighted by Crippen LogP contribution is 2.25. The van der Waals surface area contributed by atoms with Gasteiger partial charge in [0.25, 0.3) is 5.91 Å². The first-order valence-corrected chi connectivity index (χ1v) is 7.20. The number of hydrogen-bond donors (Lipinski definition) is 2. The van der Waals surface area contributed by atoms with Crippen LogP contribution in [0.25, 0.3) is 6.08 Å². The summed E-state index contributed by atoms with van der Waals surface area (Å²) in [6.45, 7) is 1.72. The fourth-order valence-corrected chi connectivity index (χ4v) is 2.39. The lowest BCUT2D eigenvalue weighted by atomic mass is 10.1. The molecule has 0 saturated carbocycles. The second-order valence-corrected chi connectivity index (χ2v) is 5.31. The molecule has 1 aliphatic rings. The van der Waals surface area contributed by atoms with Crippen molar-refractivity contribution >= 4 is 29.4 Å². The van der Waals surface area contributed by atoms with Crippen molar-refractivity contribution in [3.63, 3.8) is 0 Å². The van der Waals surface area contributed by atoms with E-state index in [-0.39, 0.29) is 17.2 Å². The molecular formula is C18H14N2O4. The average molecular weight is 322 g/mol. The zero-order valence-electron chi connectivity index (χ0n) is 12.8. The third-order valence-electron chi connectivity index (χ3n) is 3.60. The molecule has 0 unspecified atom stereocenters. The number of carboxylic acids is 1. The lowest BCUT2D eigenvalue weighted by Crippen LogP contribution is -2.21. The average Bonchev–Trinajstić information content (AvgIpc) is 2.83. The summed E-state index contributed by atoms with van der Waals surface area (Å²) in [4.78, 5) is 23.5. The lowest BCUT2D eigenvalue weighted by Gasteiger charge is -2.11. The lowest BCUT2D eigenvalue weighted by molar-refractivity contribution is -0.114. The second-order valence-electron chi connectivity index (χ2n) is 5.31. The van der Waals surface area contributed by atoms with Gasteiger partial charge in [-0.3, -0.25) is 4.79 Å². The molecule has 0 fully saturated rings. The highest BCUT2D eigenvalue weighted by Gasteiger charge is 2.28. The third-order valence-corrected chi connectivity index (χ3v) is 3.60. The van der Waals surface area contributed by atoms with Crippen molar-refractivity contribution < 1.29 is 19.8 Å². The molecule has 6 nitrogen and oxygen atoms in total. The molecule has 0 aliphatic carbocycles. The Kier molecular flexibility index (Phi) is 3.87. The zero-order valence-corrected chi connectivity index (χ0v) is 12.8. The predicted molar refractivity (Wildman–Crippen MR) is 90.1 cm³/mol. The van der Waals surface area contributed by atoms with Crippen LogP contribution in [-0.2, 0) is 4.79 Å². The molecule has 2 N–H and O–H groups in total. The van der Waals surface area contributed by atoms with Crippen LogP contribution in [0, 0.1) is 0 Å². The number of hydrazone groups is 1. The summed E-state index contributed by atoms with van der Waals surface area (Å²) in [5.41, 5.74) is 2.29. The van der Waals surface area contributed by atoms with Crippen molar-refractivity contribution in [1.29, 1.82) is 0 Å². The number of aromatic hydroxyl groups is 1. The first kappa shape index (κ1) is 15.5. The Labute approximate surface area is 138 Å². The zero-order chi connectivity index (χ0) is 17.3. The van der Waals surface area contributed by atoms with E-state index in [1.54, 1.807) is 37.3 Å². The maximum atomic E-state index is 12.6. The Morgan fingerprint density at radius 3 is 2.50 bits per heavy atom. The monoisotopic (exact) mass is 322 g/mol. The van der Waals surface area contributed by atoms with Gasteiger partial charge in [-0.25, -0.2) is 4.79 Å². The van der Waals surface area contributed by atoms with Crippen LogP contribution in [0.2, 0.25) is 0 Å². The van der Waals surface area contributed by atoms with E-state index in [4.69, 9.17) is 5.11 Å². The van der Waals surface area contributed by atoms with Gasteiger partial charge in [-0.05, 0) is 55.0 Å². The molecule has 2 aromatic rings. The van der Waals surface area contributed by atoms with Gasteiger partial charge in [-0.15, -0.1) is 0 Å². The van der Waals surface area contributed by atoms with Crippen LogP contribution in [-0.4, -0.2) is 27.8 Å². The number of phenols is 1. The highest BCUT2D eigenvalue weighted by molar-refractivity contribution is 6.32. The van der Waals surface area contributed by atoms with Gasteiger partial charge >= 0.3 is 5.97 Å². The highest BCUT2D eigenvalue weighted by atomic mass is 16.4. The van der Waals surface area contributed by atoms with Gasteiger partial charge in [0.2, 0.25) is 0 Å². The normalized spacial score (nSPS) is 15.7.